The molecule has 1 heterocycles. The quantitative estimate of drug-likeness (QED) is 0.877. The molecule has 132 valence electrons. The average Bonchev–Trinajstić information content (AvgIpc) is 3.08. The molecular formula is C20H26N4O. The molecule has 3 rings (SSSR count). The molecule has 0 atom stereocenters. The van der Waals surface area contributed by atoms with Gasteiger partial charge in [-0.1, -0.05) is 51.8 Å². The molecular weight excluding hydrogens is 312 g/mol. The van der Waals surface area contributed by atoms with E-state index in [1.54, 1.807) is 12.1 Å². The molecule has 1 aromatic heterocycles. The summed E-state index contributed by atoms with van der Waals surface area (Å²) in [7, 11) is 0. The van der Waals surface area contributed by atoms with Crippen molar-refractivity contribution in [1.29, 1.82) is 0 Å². The van der Waals surface area contributed by atoms with E-state index in [2.05, 4.69) is 47.7 Å². The number of carbonyl (C=O) groups is 1. The van der Waals surface area contributed by atoms with Crippen molar-refractivity contribution in [1.82, 2.24) is 15.5 Å². The van der Waals surface area contributed by atoms with Crippen LogP contribution in [0.3, 0.4) is 0 Å². The minimum absolute atomic E-state index is 0.0259. The number of para-hydroxylation sites is 1. The van der Waals surface area contributed by atoms with Crippen molar-refractivity contribution in [3.63, 3.8) is 0 Å². The maximum Gasteiger partial charge on any atom is 0.272 e. The number of carbonyl (C=O) groups excluding carboxylic acids is 1. The predicted molar refractivity (Wildman–Crippen MR) is 100 cm³/mol. The zero-order valence-corrected chi connectivity index (χ0v) is 15.2. The van der Waals surface area contributed by atoms with Crippen molar-refractivity contribution in [3.8, 4) is 0 Å². The van der Waals surface area contributed by atoms with Crippen LogP contribution < -0.4 is 10.6 Å². The van der Waals surface area contributed by atoms with Crippen molar-refractivity contribution >= 4 is 17.4 Å². The van der Waals surface area contributed by atoms with Crippen LogP contribution >= 0.6 is 0 Å². The number of hydrogen-bond acceptors (Lipinski definition) is 4. The molecule has 1 aliphatic rings. The molecule has 1 amide bonds. The van der Waals surface area contributed by atoms with E-state index in [1.165, 1.54) is 18.4 Å². The number of aromatic nitrogens is 2. The number of benzene rings is 1. The summed E-state index contributed by atoms with van der Waals surface area (Å²) in [4.78, 5) is 12.2. The number of amides is 1. The van der Waals surface area contributed by atoms with Crippen LogP contribution in [0.15, 0.2) is 36.4 Å². The molecule has 1 fully saturated rings. The lowest BCUT2D eigenvalue weighted by Crippen LogP contribution is -2.33. The van der Waals surface area contributed by atoms with Gasteiger partial charge in [0, 0.05) is 11.7 Å². The third kappa shape index (κ3) is 4.35. The molecule has 0 spiro atoms. The molecule has 0 saturated heterocycles. The van der Waals surface area contributed by atoms with Gasteiger partial charge in [0.2, 0.25) is 0 Å². The summed E-state index contributed by atoms with van der Waals surface area (Å²) in [6.45, 7) is 6.53. The van der Waals surface area contributed by atoms with Gasteiger partial charge in [-0.05, 0) is 42.0 Å². The lowest BCUT2D eigenvalue weighted by Gasteiger charge is -2.23. The van der Waals surface area contributed by atoms with E-state index in [4.69, 9.17) is 0 Å². The van der Waals surface area contributed by atoms with Gasteiger partial charge in [0.15, 0.2) is 11.5 Å². The van der Waals surface area contributed by atoms with Crippen molar-refractivity contribution in [2.45, 2.75) is 57.9 Å². The lowest BCUT2D eigenvalue weighted by molar-refractivity contribution is 0.0932. The molecule has 2 aromatic rings. The predicted octanol–water partition coefficient (Wildman–Crippen LogP) is 4.19. The largest absolute Gasteiger partial charge is 0.348 e. The van der Waals surface area contributed by atoms with Gasteiger partial charge in [-0.2, -0.15) is 0 Å². The number of nitrogens with zero attached hydrogens (tertiary/aromatic N) is 2. The second-order valence-electron chi connectivity index (χ2n) is 7.68. The van der Waals surface area contributed by atoms with Gasteiger partial charge < -0.3 is 10.6 Å². The normalized spacial score (nSPS) is 15.2. The minimum Gasteiger partial charge on any atom is -0.348 e. The Kier molecular flexibility index (Phi) is 5.02. The van der Waals surface area contributed by atoms with Gasteiger partial charge in [-0.25, -0.2) is 0 Å². The van der Waals surface area contributed by atoms with E-state index in [0.29, 0.717) is 11.5 Å². The molecule has 25 heavy (non-hydrogen) atoms. The second kappa shape index (κ2) is 7.21. The minimum atomic E-state index is -0.138. The standard InChI is InChI=1S/C20H26N4O/c1-20(2,3)15-10-6-7-11-16(15)22-18-13-12-17(23-24-18)19(25)21-14-8-4-5-9-14/h6-7,10-14H,4-5,8-9H2,1-3H3,(H,21,25)(H,22,24). The highest BCUT2D eigenvalue weighted by molar-refractivity contribution is 5.92. The fraction of sp³-hybridized carbons (Fsp3) is 0.450. The SMILES string of the molecule is CC(C)(C)c1ccccc1Nc1ccc(C(=O)NC2CCCC2)nn1. The van der Waals surface area contributed by atoms with E-state index in [-0.39, 0.29) is 17.4 Å². The molecule has 5 heteroatoms. The summed E-state index contributed by atoms with van der Waals surface area (Å²) in [5.74, 6) is 0.496. The van der Waals surface area contributed by atoms with Gasteiger partial charge in [0.05, 0.1) is 0 Å². The Morgan fingerprint density at radius 1 is 1.04 bits per heavy atom. The van der Waals surface area contributed by atoms with E-state index in [9.17, 15) is 4.79 Å². The first-order chi connectivity index (χ1) is 11.9. The summed E-state index contributed by atoms with van der Waals surface area (Å²) in [6, 6.07) is 12.0. The number of rotatable bonds is 4. The first kappa shape index (κ1) is 17.4. The Bertz CT molecular complexity index is 728. The van der Waals surface area contributed by atoms with Crippen LogP contribution in [0.2, 0.25) is 0 Å². The van der Waals surface area contributed by atoms with Gasteiger partial charge in [0.25, 0.3) is 5.91 Å². The van der Waals surface area contributed by atoms with Gasteiger partial charge >= 0.3 is 0 Å². The molecule has 1 aliphatic carbocycles. The zero-order valence-electron chi connectivity index (χ0n) is 15.2. The van der Waals surface area contributed by atoms with E-state index >= 15 is 0 Å². The Morgan fingerprint density at radius 2 is 1.76 bits per heavy atom. The summed E-state index contributed by atoms with van der Waals surface area (Å²) in [5, 5.41) is 14.6. The maximum absolute atomic E-state index is 12.2. The van der Waals surface area contributed by atoms with E-state index in [0.717, 1.165) is 18.5 Å². The van der Waals surface area contributed by atoms with Crippen LogP contribution in [-0.2, 0) is 5.41 Å². The highest BCUT2D eigenvalue weighted by Gasteiger charge is 2.20. The first-order valence-corrected chi connectivity index (χ1v) is 8.94. The van der Waals surface area contributed by atoms with Crippen LogP contribution in [-0.4, -0.2) is 22.1 Å². The number of anilines is 2. The third-order valence-corrected chi connectivity index (χ3v) is 4.59. The fourth-order valence-electron chi connectivity index (χ4n) is 3.23. The lowest BCUT2D eigenvalue weighted by atomic mass is 9.86. The van der Waals surface area contributed by atoms with E-state index in [1.807, 2.05) is 18.2 Å². The molecule has 5 nitrogen and oxygen atoms in total. The fourth-order valence-corrected chi connectivity index (χ4v) is 3.23. The average molecular weight is 338 g/mol. The van der Waals surface area contributed by atoms with Crippen LogP contribution in [0.1, 0.15) is 62.5 Å². The molecule has 0 aliphatic heterocycles. The van der Waals surface area contributed by atoms with Gasteiger partial charge in [-0.15, -0.1) is 10.2 Å². The van der Waals surface area contributed by atoms with Crippen molar-refractivity contribution in [2.75, 3.05) is 5.32 Å². The molecule has 1 aromatic carbocycles. The third-order valence-electron chi connectivity index (χ3n) is 4.59. The maximum atomic E-state index is 12.2. The first-order valence-electron chi connectivity index (χ1n) is 8.94. The summed E-state index contributed by atoms with van der Waals surface area (Å²) in [6.07, 6.45) is 4.49. The summed E-state index contributed by atoms with van der Waals surface area (Å²) >= 11 is 0. The Morgan fingerprint density at radius 3 is 2.40 bits per heavy atom. The molecule has 0 unspecified atom stereocenters. The van der Waals surface area contributed by atoms with Crippen LogP contribution in [0, 0.1) is 0 Å². The highest BCUT2D eigenvalue weighted by atomic mass is 16.2. The summed E-state index contributed by atoms with van der Waals surface area (Å²) in [5.41, 5.74) is 2.60. The number of nitrogens with one attached hydrogen (secondary N) is 2. The van der Waals surface area contributed by atoms with E-state index < -0.39 is 0 Å². The smallest absolute Gasteiger partial charge is 0.272 e. The van der Waals surface area contributed by atoms with Crippen molar-refractivity contribution < 1.29 is 4.79 Å². The molecule has 0 bridgehead atoms. The van der Waals surface area contributed by atoms with Crippen molar-refractivity contribution in [2.24, 2.45) is 0 Å². The summed E-state index contributed by atoms with van der Waals surface area (Å²) < 4.78 is 0. The van der Waals surface area contributed by atoms with Gasteiger partial charge in [0.1, 0.15) is 0 Å². The molecule has 2 N–H and O–H groups in total. The van der Waals surface area contributed by atoms with Crippen LogP contribution in [0.25, 0.3) is 0 Å². The zero-order chi connectivity index (χ0) is 17.9. The highest BCUT2D eigenvalue weighted by Crippen LogP contribution is 2.30. The Hall–Kier alpha value is -2.43. The topological polar surface area (TPSA) is 66.9 Å². The Balaban J connectivity index is 1.70. The van der Waals surface area contributed by atoms with Crippen molar-refractivity contribution in [3.05, 3.63) is 47.7 Å². The molecule has 1 saturated carbocycles. The van der Waals surface area contributed by atoms with Crippen LogP contribution in [0.4, 0.5) is 11.5 Å². The van der Waals surface area contributed by atoms with Gasteiger partial charge in [-0.3, -0.25) is 4.79 Å². The molecule has 0 radical (unpaired) electrons. The monoisotopic (exact) mass is 338 g/mol. The second-order valence-corrected chi connectivity index (χ2v) is 7.68. The van der Waals surface area contributed by atoms with Crippen LogP contribution in [0.5, 0.6) is 0 Å². The Labute approximate surface area is 149 Å². The number of hydrogen-bond donors (Lipinski definition) is 2.